The lowest BCUT2D eigenvalue weighted by atomic mass is 9.96. The van der Waals surface area contributed by atoms with Crippen LogP contribution in [0.15, 0.2) is 30.3 Å². The number of benzene rings is 1. The van der Waals surface area contributed by atoms with Crippen molar-refractivity contribution < 1.29 is 28.5 Å². The van der Waals surface area contributed by atoms with Crippen LogP contribution in [0.3, 0.4) is 0 Å². The maximum Gasteiger partial charge on any atom is 0.410 e. The van der Waals surface area contributed by atoms with Crippen molar-refractivity contribution in [1.29, 1.82) is 0 Å². The van der Waals surface area contributed by atoms with Crippen LogP contribution in [0.4, 0.5) is 4.79 Å². The van der Waals surface area contributed by atoms with Gasteiger partial charge in [0.1, 0.15) is 6.61 Å². The van der Waals surface area contributed by atoms with Crippen LogP contribution in [-0.2, 0) is 30.3 Å². The van der Waals surface area contributed by atoms with Crippen LogP contribution in [0.1, 0.15) is 31.2 Å². The van der Waals surface area contributed by atoms with Gasteiger partial charge in [0.25, 0.3) is 0 Å². The fourth-order valence-corrected chi connectivity index (χ4v) is 4.58. The van der Waals surface area contributed by atoms with E-state index < -0.39 is 0 Å². The summed E-state index contributed by atoms with van der Waals surface area (Å²) in [4.78, 5) is 13.8. The van der Waals surface area contributed by atoms with Gasteiger partial charge in [0.05, 0.1) is 26.4 Å². The Bertz CT molecular complexity index is 664. The van der Waals surface area contributed by atoms with Crippen LogP contribution in [0.2, 0.25) is 0 Å². The molecule has 0 aromatic heterocycles. The SMILES string of the molecule is C1CC(C2OCCO2)CCN1.O=C(OCc1ccccc1)N1CCC(C2OCCO2)CC1. The maximum atomic E-state index is 12.0. The Morgan fingerprint density at radius 1 is 0.844 bits per heavy atom. The lowest BCUT2D eigenvalue weighted by Gasteiger charge is -2.33. The van der Waals surface area contributed by atoms with Gasteiger partial charge in [-0.3, -0.25) is 0 Å². The van der Waals surface area contributed by atoms with Crippen molar-refractivity contribution in [3.05, 3.63) is 35.9 Å². The lowest BCUT2D eigenvalue weighted by Crippen LogP contribution is -2.41. The molecular formula is C24H36N2O6. The zero-order chi connectivity index (χ0) is 22.0. The second-order valence-corrected chi connectivity index (χ2v) is 8.67. The highest BCUT2D eigenvalue weighted by Crippen LogP contribution is 2.26. The molecular weight excluding hydrogens is 412 g/mol. The Morgan fingerprint density at radius 3 is 1.94 bits per heavy atom. The van der Waals surface area contributed by atoms with Gasteiger partial charge < -0.3 is 33.9 Å². The molecule has 4 aliphatic heterocycles. The second-order valence-electron chi connectivity index (χ2n) is 8.67. The Labute approximate surface area is 190 Å². The number of hydrogen-bond acceptors (Lipinski definition) is 7. The first-order chi connectivity index (χ1) is 15.8. The van der Waals surface area contributed by atoms with Gasteiger partial charge in [-0.05, 0) is 44.3 Å². The van der Waals surface area contributed by atoms with Gasteiger partial charge >= 0.3 is 6.09 Å². The maximum absolute atomic E-state index is 12.0. The van der Waals surface area contributed by atoms with Crippen molar-refractivity contribution in [3.8, 4) is 0 Å². The predicted molar refractivity (Wildman–Crippen MR) is 118 cm³/mol. The number of nitrogens with one attached hydrogen (secondary N) is 1. The summed E-state index contributed by atoms with van der Waals surface area (Å²) < 4.78 is 27.3. The summed E-state index contributed by atoms with van der Waals surface area (Å²) in [6, 6.07) is 9.73. The van der Waals surface area contributed by atoms with Crippen molar-refractivity contribution in [2.45, 2.75) is 44.9 Å². The summed E-state index contributed by atoms with van der Waals surface area (Å²) in [5, 5.41) is 3.33. The van der Waals surface area contributed by atoms with Gasteiger partial charge in [0.15, 0.2) is 12.6 Å². The number of nitrogens with zero attached hydrogens (tertiary/aromatic N) is 1. The molecule has 178 valence electrons. The zero-order valence-electron chi connectivity index (χ0n) is 18.8. The molecule has 0 bridgehead atoms. The van der Waals surface area contributed by atoms with Gasteiger partial charge in [-0.1, -0.05) is 30.3 Å². The lowest BCUT2D eigenvalue weighted by molar-refractivity contribution is -0.0964. The fourth-order valence-electron chi connectivity index (χ4n) is 4.58. The number of carbonyl (C=O) groups excluding carboxylic acids is 1. The third kappa shape index (κ3) is 6.89. The number of amides is 1. The van der Waals surface area contributed by atoms with Gasteiger partial charge in [-0.2, -0.15) is 0 Å². The molecule has 4 fully saturated rings. The summed E-state index contributed by atoms with van der Waals surface area (Å²) in [6.07, 6.45) is 4.01. The summed E-state index contributed by atoms with van der Waals surface area (Å²) >= 11 is 0. The zero-order valence-corrected chi connectivity index (χ0v) is 18.8. The molecule has 0 radical (unpaired) electrons. The highest BCUT2D eigenvalue weighted by Gasteiger charge is 2.32. The Balaban J connectivity index is 0.000000186. The van der Waals surface area contributed by atoms with Crippen molar-refractivity contribution in [2.24, 2.45) is 11.8 Å². The molecule has 0 spiro atoms. The highest BCUT2D eigenvalue weighted by molar-refractivity contribution is 5.67. The van der Waals surface area contributed by atoms with E-state index >= 15 is 0 Å². The van der Waals surface area contributed by atoms with E-state index in [9.17, 15) is 4.79 Å². The number of piperidine rings is 2. The van der Waals surface area contributed by atoms with E-state index in [-0.39, 0.29) is 18.7 Å². The third-order valence-electron chi connectivity index (χ3n) is 6.45. The summed E-state index contributed by atoms with van der Waals surface area (Å²) in [5.41, 5.74) is 1.01. The molecule has 1 amide bonds. The molecule has 0 atom stereocenters. The number of ether oxygens (including phenoxy) is 5. The molecule has 8 nitrogen and oxygen atoms in total. The monoisotopic (exact) mass is 448 g/mol. The van der Waals surface area contributed by atoms with Crippen molar-refractivity contribution in [2.75, 3.05) is 52.6 Å². The molecule has 4 heterocycles. The number of rotatable bonds is 4. The quantitative estimate of drug-likeness (QED) is 0.759. The normalized spacial score (nSPS) is 23.7. The largest absolute Gasteiger partial charge is 0.445 e. The third-order valence-corrected chi connectivity index (χ3v) is 6.45. The standard InChI is InChI=1S/C16H21NO4.C8H15NO2/c18-16(21-12-13-4-2-1-3-5-13)17-8-6-14(7-9-17)15-19-10-11-20-15;1-3-9-4-2-7(1)8-10-5-6-11-8/h1-5,14-15H,6-12H2;7-9H,1-6H2. The fraction of sp³-hybridized carbons (Fsp3) is 0.708. The van der Waals surface area contributed by atoms with E-state index in [1.54, 1.807) is 4.90 Å². The molecule has 4 aliphatic rings. The molecule has 0 saturated carbocycles. The summed E-state index contributed by atoms with van der Waals surface area (Å²) in [5.74, 6) is 1.03. The first-order valence-electron chi connectivity index (χ1n) is 11.9. The number of likely N-dealkylation sites (tertiary alicyclic amines) is 1. The molecule has 8 heteroatoms. The van der Waals surface area contributed by atoms with Gasteiger partial charge in [0, 0.05) is 24.9 Å². The van der Waals surface area contributed by atoms with Crippen molar-refractivity contribution >= 4 is 6.09 Å². The van der Waals surface area contributed by atoms with Crippen LogP contribution < -0.4 is 5.32 Å². The van der Waals surface area contributed by atoms with Crippen LogP contribution in [0.25, 0.3) is 0 Å². The second kappa shape index (κ2) is 12.5. The molecule has 0 aliphatic carbocycles. The smallest absolute Gasteiger partial charge is 0.410 e. The van der Waals surface area contributed by atoms with E-state index in [0.29, 0.717) is 44.7 Å². The number of hydrogen-bond donors (Lipinski definition) is 1. The molecule has 32 heavy (non-hydrogen) atoms. The molecule has 1 N–H and O–H groups in total. The minimum absolute atomic E-state index is 0.0764. The van der Waals surface area contributed by atoms with Gasteiger partial charge in [0.2, 0.25) is 0 Å². The van der Waals surface area contributed by atoms with Crippen molar-refractivity contribution in [1.82, 2.24) is 10.2 Å². The summed E-state index contributed by atoms with van der Waals surface area (Å²) in [7, 11) is 0. The Hall–Kier alpha value is -1.71. The van der Waals surface area contributed by atoms with E-state index in [1.807, 2.05) is 30.3 Å². The average molecular weight is 449 g/mol. The van der Waals surface area contributed by atoms with E-state index in [1.165, 1.54) is 12.8 Å². The minimum Gasteiger partial charge on any atom is -0.445 e. The number of carbonyl (C=O) groups is 1. The van der Waals surface area contributed by atoms with E-state index in [4.69, 9.17) is 23.7 Å². The average Bonchev–Trinajstić information content (AvgIpc) is 3.59. The first kappa shape index (κ1) is 23.4. The molecule has 1 aromatic carbocycles. The first-order valence-corrected chi connectivity index (χ1v) is 11.9. The minimum atomic E-state index is -0.231. The topological polar surface area (TPSA) is 78.5 Å². The summed E-state index contributed by atoms with van der Waals surface area (Å²) in [6.45, 7) is 6.93. The van der Waals surface area contributed by atoms with Crippen LogP contribution in [0, 0.1) is 11.8 Å². The van der Waals surface area contributed by atoms with Crippen molar-refractivity contribution in [3.63, 3.8) is 0 Å². The van der Waals surface area contributed by atoms with E-state index in [0.717, 1.165) is 44.7 Å². The molecule has 4 saturated heterocycles. The van der Waals surface area contributed by atoms with Gasteiger partial charge in [-0.25, -0.2) is 4.79 Å². The predicted octanol–water partition coefficient (Wildman–Crippen LogP) is 2.77. The Kier molecular flexibility index (Phi) is 9.17. The molecule has 5 rings (SSSR count). The Morgan fingerprint density at radius 2 is 1.38 bits per heavy atom. The highest BCUT2D eigenvalue weighted by atomic mass is 16.7. The van der Waals surface area contributed by atoms with Crippen LogP contribution in [-0.4, -0.2) is 76.2 Å². The molecule has 1 aromatic rings. The van der Waals surface area contributed by atoms with Crippen LogP contribution >= 0.6 is 0 Å². The van der Waals surface area contributed by atoms with E-state index in [2.05, 4.69) is 5.32 Å². The molecule has 0 unspecified atom stereocenters. The van der Waals surface area contributed by atoms with Gasteiger partial charge in [-0.15, -0.1) is 0 Å². The van der Waals surface area contributed by atoms with Crippen LogP contribution in [0.5, 0.6) is 0 Å².